The van der Waals surface area contributed by atoms with E-state index in [1.165, 1.54) is 14.4 Å². The minimum atomic E-state index is 0.524. The van der Waals surface area contributed by atoms with Gasteiger partial charge in [0.05, 0.1) is 9.16 Å². The summed E-state index contributed by atoms with van der Waals surface area (Å²) < 4.78 is 1.22. The second-order valence-electron chi connectivity index (χ2n) is 2.92. The van der Waals surface area contributed by atoms with Gasteiger partial charge in [0.2, 0.25) is 0 Å². The summed E-state index contributed by atoms with van der Waals surface area (Å²) in [6.07, 6.45) is 0. The fourth-order valence-electron chi connectivity index (χ4n) is 1.23. The molecule has 1 N–H and O–H groups in total. The molecule has 1 nitrogen and oxygen atoms in total. The molecule has 4 heteroatoms. The molecule has 1 aliphatic rings. The maximum Gasteiger partial charge on any atom is 0.0885 e. The number of thioether (sulfide) groups is 1. The van der Waals surface area contributed by atoms with Crippen molar-refractivity contribution in [1.82, 2.24) is 5.32 Å². The van der Waals surface area contributed by atoms with Gasteiger partial charge >= 0.3 is 0 Å². The summed E-state index contributed by atoms with van der Waals surface area (Å²) in [5.41, 5.74) is 0. The fourth-order valence-corrected chi connectivity index (χ4v) is 4.09. The van der Waals surface area contributed by atoms with Crippen LogP contribution in [0.1, 0.15) is 17.2 Å². The van der Waals surface area contributed by atoms with Gasteiger partial charge in [-0.25, -0.2) is 0 Å². The van der Waals surface area contributed by atoms with E-state index in [9.17, 15) is 0 Å². The van der Waals surface area contributed by atoms with Gasteiger partial charge in [-0.1, -0.05) is 0 Å². The summed E-state index contributed by atoms with van der Waals surface area (Å²) >= 11 is 7.29. The molecule has 66 valence electrons. The van der Waals surface area contributed by atoms with Crippen LogP contribution in [0.2, 0.25) is 0 Å². The molecular formula is C8H10BrNS2. The molecule has 2 rings (SSSR count). The summed E-state index contributed by atoms with van der Waals surface area (Å²) in [6.45, 7) is 2.23. The van der Waals surface area contributed by atoms with E-state index in [0.29, 0.717) is 11.4 Å². The van der Waals surface area contributed by atoms with Gasteiger partial charge in [0.1, 0.15) is 0 Å². The maximum atomic E-state index is 3.54. The van der Waals surface area contributed by atoms with Gasteiger partial charge in [-0.05, 0) is 35.0 Å². The molecule has 0 aromatic carbocycles. The third-order valence-electron chi connectivity index (χ3n) is 1.80. The average molecular weight is 264 g/mol. The van der Waals surface area contributed by atoms with Crippen molar-refractivity contribution in [2.45, 2.75) is 18.3 Å². The van der Waals surface area contributed by atoms with Crippen LogP contribution in [0, 0.1) is 0 Å². The van der Waals surface area contributed by atoms with Crippen LogP contribution >= 0.6 is 39.0 Å². The second-order valence-corrected chi connectivity index (χ2v) is 6.56. The van der Waals surface area contributed by atoms with Crippen molar-refractivity contribution in [3.05, 3.63) is 20.8 Å². The normalized spacial score (nSPS) is 29.5. The van der Waals surface area contributed by atoms with Crippen LogP contribution in [-0.2, 0) is 0 Å². The molecular weight excluding hydrogens is 254 g/mol. The van der Waals surface area contributed by atoms with Gasteiger partial charge in [0.15, 0.2) is 0 Å². The third-order valence-corrected chi connectivity index (χ3v) is 5.05. The predicted octanol–water partition coefficient (Wildman–Crippen LogP) is 3.23. The van der Waals surface area contributed by atoms with E-state index >= 15 is 0 Å². The molecule has 2 atom stereocenters. The van der Waals surface area contributed by atoms with E-state index in [-0.39, 0.29) is 0 Å². The monoisotopic (exact) mass is 263 g/mol. The summed E-state index contributed by atoms with van der Waals surface area (Å²) in [6, 6.07) is 4.96. The molecule has 1 aromatic rings. The molecule has 0 amide bonds. The zero-order valence-corrected chi connectivity index (χ0v) is 9.93. The molecule has 1 saturated heterocycles. The lowest BCUT2D eigenvalue weighted by Crippen LogP contribution is -2.21. The highest BCUT2D eigenvalue weighted by molar-refractivity contribution is 9.11. The van der Waals surface area contributed by atoms with Crippen molar-refractivity contribution in [1.29, 1.82) is 0 Å². The topological polar surface area (TPSA) is 12.0 Å². The zero-order chi connectivity index (χ0) is 8.55. The number of hydrogen-bond donors (Lipinski definition) is 1. The van der Waals surface area contributed by atoms with Crippen LogP contribution in [0.25, 0.3) is 0 Å². The Labute approximate surface area is 89.1 Å². The van der Waals surface area contributed by atoms with Crippen LogP contribution in [0.3, 0.4) is 0 Å². The van der Waals surface area contributed by atoms with E-state index in [1.807, 2.05) is 23.1 Å². The van der Waals surface area contributed by atoms with E-state index < -0.39 is 0 Å². The Bertz CT molecular complexity index is 274. The molecule has 0 spiro atoms. The van der Waals surface area contributed by atoms with Gasteiger partial charge in [-0.2, -0.15) is 0 Å². The molecule has 1 fully saturated rings. The van der Waals surface area contributed by atoms with Gasteiger partial charge in [0.25, 0.3) is 0 Å². The molecule has 0 aliphatic carbocycles. The molecule has 0 bridgehead atoms. The molecule has 1 aliphatic heterocycles. The number of thiophene rings is 1. The van der Waals surface area contributed by atoms with Crippen LogP contribution in [0.5, 0.6) is 0 Å². The van der Waals surface area contributed by atoms with Crippen LogP contribution in [0.4, 0.5) is 0 Å². The smallest absolute Gasteiger partial charge is 0.0885 e. The van der Waals surface area contributed by atoms with Crippen molar-refractivity contribution < 1.29 is 0 Å². The largest absolute Gasteiger partial charge is 0.298 e. The Balaban J connectivity index is 2.11. The first kappa shape index (κ1) is 9.06. The quantitative estimate of drug-likeness (QED) is 0.835. The number of halogens is 1. The Morgan fingerprint density at radius 2 is 2.42 bits per heavy atom. The van der Waals surface area contributed by atoms with Crippen molar-refractivity contribution in [2.75, 3.05) is 5.75 Å². The lowest BCUT2D eigenvalue weighted by molar-refractivity contribution is 0.623. The first-order chi connectivity index (χ1) is 5.75. The Hall–Kier alpha value is 0.490. The van der Waals surface area contributed by atoms with Crippen molar-refractivity contribution in [3.8, 4) is 0 Å². The Kier molecular flexibility index (Phi) is 2.79. The fraction of sp³-hybridized carbons (Fsp3) is 0.500. The summed E-state index contributed by atoms with van der Waals surface area (Å²) in [5.74, 6) is 1.22. The minimum Gasteiger partial charge on any atom is -0.298 e. The SMILES string of the molecule is CC1CSC(c2ccc(Br)s2)N1. The molecule has 1 aromatic heterocycles. The Morgan fingerprint density at radius 1 is 1.58 bits per heavy atom. The summed E-state index contributed by atoms with van der Waals surface area (Å²) in [5, 5.41) is 4.06. The first-order valence-electron chi connectivity index (χ1n) is 3.88. The van der Waals surface area contributed by atoms with E-state index in [1.54, 1.807) is 0 Å². The summed E-state index contributed by atoms with van der Waals surface area (Å²) in [4.78, 5) is 1.43. The number of nitrogens with one attached hydrogen (secondary N) is 1. The van der Waals surface area contributed by atoms with E-state index in [4.69, 9.17) is 0 Å². The number of rotatable bonds is 1. The standard InChI is InChI=1S/C8H10BrNS2/c1-5-4-11-8(10-5)6-2-3-7(9)12-6/h2-3,5,8,10H,4H2,1H3. The van der Waals surface area contributed by atoms with Crippen LogP contribution < -0.4 is 5.32 Å². The van der Waals surface area contributed by atoms with Gasteiger partial charge in [-0.15, -0.1) is 23.1 Å². The van der Waals surface area contributed by atoms with Crippen LogP contribution in [-0.4, -0.2) is 11.8 Å². The van der Waals surface area contributed by atoms with Gasteiger partial charge < -0.3 is 0 Å². The lowest BCUT2D eigenvalue weighted by Gasteiger charge is -2.07. The van der Waals surface area contributed by atoms with Crippen molar-refractivity contribution in [2.24, 2.45) is 0 Å². The second kappa shape index (κ2) is 3.70. The first-order valence-corrected chi connectivity index (χ1v) is 6.54. The van der Waals surface area contributed by atoms with Crippen LogP contribution in [0.15, 0.2) is 15.9 Å². The third kappa shape index (κ3) is 1.87. The Morgan fingerprint density at radius 3 is 2.92 bits per heavy atom. The molecule has 2 unspecified atom stereocenters. The van der Waals surface area contributed by atoms with E-state index in [2.05, 4.69) is 40.3 Å². The maximum absolute atomic E-state index is 3.54. The highest BCUT2D eigenvalue weighted by Gasteiger charge is 2.23. The molecule has 0 radical (unpaired) electrons. The average Bonchev–Trinajstić information content (AvgIpc) is 2.58. The highest BCUT2D eigenvalue weighted by atomic mass is 79.9. The summed E-state index contributed by atoms with van der Waals surface area (Å²) in [7, 11) is 0. The molecule has 2 heterocycles. The van der Waals surface area contributed by atoms with Gasteiger partial charge in [0, 0.05) is 16.7 Å². The lowest BCUT2D eigenvalue weighted by atomic mass is 10.4. The van der Waals surface area contributed by atoms with Crippen molar-refractivity contribution in [3.63, 3.8) is 0 Å². The van der Waals surface area contributed by atoms with Crippen molar-refractivity contribution >= 4 is 39.0 Å². The van der Waals surface area contributed by atoms with E-state index in [0.717, 1.165) is 0 Å². The molecule has 0 saturated carbocycles. The minimum absolute atomic E-state index is 0.524. The van der Waals surface area contributed by atoms with Gasteiger partial charge in [-0.3, -0.25) is 5.32 Å². The number of hydrogen-bond acceptors (Lipinski definition) is 3. The predicted molar refractivity (Wildman–Crippen MR) is 59.8 cm³/mol. The highest BCUT2D eigenvalue weighted by Crippen LogP contribution is 2.37. The zero-order valence-electron chi connectivity index (χ0n) is 6.71. The molecule has 12 heavy (non-hydrogen) atoms.